The van der Waals surface area contributed by atoms with E-state index in [-0.39, 0.29) is 18.5 Å². The zero-order chi connectivity index (χ0) is 19.1. The molecular weight excluding hydrogens is 332 g/mol. The Morgan fingerprint density at radius 3 is 2.12 bits per heavy atom. The molecule has 2 aromatic rings. The first-order valence-corrected chi connectivity index (χ1v) is 8.35. The third kappa shape index (κ3) is 4.67. The fourth-order valence-electron chi connectivity index (χ4n) is 2.70. The normalized spacial score (nSPS) is 11.8. The third-order valence-corrected chi connectivity index (χ3v) is 4.28. The van der Waals surface area contributed by atoms with Crippen molar-refractivity contribution in [3.05, 3.63) is 48.0 Å². The lowest BCUT2D eigenvalue weighted by molar-refractivity contribution is -0.117. The molecule has 1 amide bonds. The van der Waals surface area contributed by atoms with Gasteiger partial charge in [-0.2, -0.15) is 0 Å². The van der Waals surface area contributed by atoms with Crippen LogP contribution in [0, 0.1) is 0 Å². The molecule has 0 saturated heterocycles. The van der Waals surface area contributed by atoms with E-state index in [0.717, 1.165) is 5.56 Å². The molecular formula is C20H26N2O4. The smallest absolute Gasteiger partial charge is 0.238 e. The molecule has 0 aliphatic rings. The number of nitrogens with one attached hydrogen (secondary N) is 1. The van der Waals surface area contributed by atoms with E-state index in [4.69, 9.17) is 14.2 Å². The highest BCUT2D eigenvalue weighted by Crippen LogP contribution is 2.39. The molecule has 0 aromatic heterocycles. The highest BCUT2D eigenvalue weighted by atomic mass is 16.5. The van der Waals surface area contributed by atoms with Gasteiger partial charge in [-0.1, -0.05) is 30.3 Å². The van der Waals surface area contributed by atoms with Crippen LogP contribution in [0.25, 0.3) is 0 Å². The first-order valence-electron chi connectivity index (χ1n) is 8.35. The van der Waals surface area contributed by atoms with Crippen molar-refractivity contribution in [3.8, 4) is 17.2 Å². The van der Waals surface area contributed by atoms with E-state index in [1.807, 2.05) is 30.1 Å². The number of likely N-dealkylation sites (N-methyl/N-ethyl adjacent to an activating group) is 1. The average Bonchev–Trinajstić information content (AvgIpc) is 2.66. The molecule has 0 bridgehead atoms. The maximum absolute atomic E-state index is 12.4. The van der Waals surface area contributed by atoms with Crippen LogP contribution in [0.3, 0.4) is 0 Å². The molecule has 0 aliphatic heterocycles. The number of carbonyl (C=O) groups excluding carboxylic acids is 1. The Kier molecular flexibility index (Phi) is 6.86. The number of ether oxygens (including phenoxy) is 3. The van der Waals surface area contributed by atoms with Crippen molar-refractivity contribution in [2.45, 2.75) is 13.0 Å². The molecule has 0 aliphatic carbocycles. The van der Waals surface area contributed by atoms with Crippen LogP contribution in [0.2, 0.25) is 0 Å². The molecule has 0 radical (unpaired) electrons. The summed E-state index contributed by atoms with van der Waals surface area (Å²) in [5, 5.41) is 2.88. The fraction of sp³-hybridized carbons (Fsp3) is 0.350. The predicted molar refractivity (Wildman–Crippen MR) is 102 cm³/mol. The minimum atomic E-state index is -0.121. The Balaban J connectivity index is 2.07. The molecule has 1 N–H and O–H groups in total. The second kappa shape index (κ2) is 9.10. The van der Waals surface area contributed by atoms with Crippen LogP contribution in [0.5, 0.6) is 17.2 Å². The van der Waals surface area contributed by atoms with E-state index in [0.29, 0.717) is 22.9 Å². The molecule has 0 fully saturated rings. The number of rotatable bonds is 8. The predicted octanol–water partition coefficient (Wildman–Crippen LogP) is 3.34. The minimum Gasteiger partial charge on any atom is -0.493 e. The van der Waals surface area contributed by atoms with Crippen molar-refractivity contribution >= 4 is 11.6 Å². The van der Waals surface area contributed by atoms with E-state index in [9.17, 15) is 4.79 Å². The van der Waals surface area contributed by atoms with Gasteiger partial charge in [0.2, 0.25) is 11.7 Å². The van der Waals surface area contributed by atoms with E-state index in [2.05, 4.69) is 24.4 Å². The molecule has 0 spiro atoms. The second-order valence-electron chi connectivity index (χ2n) is 5.96. The van der Waals surface area contributed by atoms with Crippen molar-refractivity contribution in [2.75, 3.05) is 40.2 Å². The first-order chi connectivity index (χ1) is 12.5. The van der Waals surface area contributed by atoms with Gasteiger partial charge in [0, 0.05) is 23.9 Å². The van der Waals surface area contributed by atoms with Crippen molar-refractivity contribution in [1.29, 1.82) is 0 Å². The highest BCUT2D eigenvalue weighted by Gasteiger charge is 2.17. The van der Waals surface area contributed by atoms with Crippen LogP contribution in [-0.4, -0.2) is 45.7 Å². The first kappa shape index (κ1) is 19.6. The molecule has 2 aromatic carbocycles. The van der Waals surface area contributed by atoms with Crippen LogP contribution in [0.4, 0.5) is 5.69 Å². The van der Waals surface area contributed by atoms with Gasteiger partial charge >= 0.3 is 0 Å². The van der Waals surface area contributed by atoms with Gasteiger partial charge < -0.3 is 19.5 Å². The highest BCUT2D eigenvalue weighted by molar-refractivity contribution is 5.93. The van der Waals surface area contributed by atoms with Gasteiger partial charge in [0.1, 0.15) is 0 Å². The van der Waals surface area contributed by atoms with E-state index >= 15 is 0 Å². The second-order valence-corrected chi connectivity index (χ2v) is 5.96. The van der Waals surface area contributed by atoms with Gasteiger partial charge in [0.15, 0.2) is 11.5 Å². The summed E-state index contributed by atoms with van der Waals surface area (Å²) in [5.41, 5.74) is 1.75. The number of hydrogen-bond acceptors (Lipinski definition) is 5. The van der Waals surface area contributed by atoms with Gasteiger partial charge in [-0.3, -0.25) is 9.69 Å². The quantitative estimate of drug-likeness (QED) is 0.784. The molecule has 0 heterocycles. The summed E-state index contributed by atoms with van der Waals surface area (Å²) in [7, 11) is 6.54. The Morgan fingerprint density at radius 1 is 1.04 bits per heavy atom. The van der Waals surface area contributed by atoms with Crippen molar-refractivity contribution in [3.63, 3.8) is 0 Å². The number of methoxy groups -OCH3 is 3. The lowest BCUT2D eigenvalue weighted by atomic mass is 10.1. The zero-order valence-electron chi connectivity index (χ0n) is 15.9. The summed E-state index contributed by atoms with van der Waals surface area (Å²) in [5.74, 6) is 1.36. The molecule has 26 heavy (non-hydrogen) atoms. The summed E-state index contributed by atoms with van der Waals surface area (Å²) in [6.07, 6.45) is 0. The van der Waals surface area contributed by atoms with Crippen LogP contribution in [0.1, 0.15) is 18.5 Å². The number of benzene rings is 2. The summed E-state index contributed by atoms with van der Waals surface area (Å²) in [6, 6.07) is 13.6. The van der Waals surface area contributed by atoms with Crippen molar-refractivity contribution in [1.82, 2.24) is 4.90 Å². The standard InChI is InChI=1S/C20H26N2O4/c1-14(15-9-7-6-8-10-15)22(2)13-19(23)21-16-11-17(24-3)20(26-5)18(12-16)25-4/h6-12,14H,13H2,1-5H3,(H,21,23)/t14-/m0/s1. The Hall–Kier alpha value is -2.73. The van der Waals surface area contributed by atoms with Crippen LogP contribution in [0.15, 0.2) is 42.5 Å². The fourth-order valence-corrected chi connectivity index (χ4v) is 2.70. The van der Waals surface area contributed by atoms with Gasteiger partial charge in [-0.15, -0.1) is 0 Å². The van der Waals surface area contributed by atoms with Gasteiger partial charge in [0.05, 0.1) is 27.9 Å². The zero-order valence-corrected chi connectivity index (χ0v) is 15.9. The Labute approximate surface area is 154 Å². The number of anilines is 1. The lowest BCUT2D eigenvalue weighted by Gasteiger charge is -2.24. The molecule has 1 atom stereocenters. The summed E-state index contributed by atoms with van der Waals surface area (Å²) in [6.45, 7) is 2.33. The maximum atomic E-state index is 12.4. The molecule has 0 saturated carbocycles. The SMILES string of the molecule is COc1cc(NC(=O)CN(C)[C@@H](C)c2ccccc2)cc(OC)c1OC. The Bertz CT molecular complexity index is 709. The van der Waals surface area contributed by atoms with Gasteiger partial charge in [-0.25, -0.2) is 0 Å². The summed E-state index contributed by atoms with van der Waals surface area (Å²) in [4.78, 5) is 14.4. The minimum absolute atomic E-state index is 0.121. The molecule has 2 rings (SSSR count). The van der Waals surface area contributed by atoms with E-state index in [1.54, 1.807) is 19.2 Å². The monoisotopic (exact) mass is 358 g/mol. The molecule has 140 valence electrons. The molecule has 6 nitrogen and oxygen atoms in total. The average molecular weight is 358 g/mol. The maximum Gasteiger partial charge on any atom is 0.238 e. The van der Waals surface area contributed by atoms with Gasteiger partial charge in [0.25, 0.3) is 0 Å². The number of nitrogens with zero attached hydrogens (tertiary/aromatic N) is 1. The lowest BCUT2D eigenvalue weighted by Crippen LogP contribution is -2.32. The van der Waals surface area contributed by atoms with Crippen LogP contribution in [-0.2, 0) is 4.79 Å². The van der Waals surface area contributed by atoms with E-state index in [1.165, 1.54) is 14.2 Å². The van der Waals surface area contributed by atoms with Crippen LogP contribution < -0.4 is 19.5 Å². The largest absolute Gasteiger partial charge is 0.493 e. The van der Waals surface area contributed by atoms with E-state index < -0.39 is 0 Å². The number of carbonyl (C=O) groups is 1. The topological polar surface area (TPSA) is 60.0 Å². The molecule has 0 unspecified atom stereocenters. The molecule has 6 heteroatoms. The number of hydrogen-bond donors (Lipinski definition) is 1. The Morgan fingerprint density at radius 2 is 1.62 bits per heavy atom. The van der Waals surface area contributed by atoms with Gasteiger partial charge in [-0.05, 0) is 19.5 Å². The summed E-state index contributed by atoms with van der Waals surface area (Å²) >= 11 is 0. The van der Waals surface area contributed by atoms with Crippen molar-refractivity contribution in [2.24, 2.45) is 0 Å². The number of amides is 1. The van der Waals surface area contributed by atoms with Crippen molar-refractivity contribution < 1.29 is 19.0 Å². The summed E-state index contributed by atoms with van der Waals surface area (Å²) < 4.78 is 15.9. The van der Waals surface area contributed by atoms with Crippen LogP contribution >= 0.6 is 0 Å². The third-order valence-electron chi connectivity index (χ3n) is 4.28.